The van der Waals surface area contributed by atoms with Crippen molar-refractivity contribution in [3.63, 3.8) is 0 Å². The van der Waals surface area contributed by atoms with Gasteiger partial charge in [0, 0.05) is 6.08 Å². The van der Waals surface area contributed by atoms with Crippen molar-refractivity contribution in [1.82, 2.24) is 4.31 Å². The van der Waals surface area contributed by atoms with Gasteiger partial charge in [-0.3, -0.25) is 4.79 Å². The minimum absolute atomic E-state index is 0.0428. The third-order valence-electron chi connectivity index (χ3n) is 2.44. The summed E-state index contributed by atoms with van der Waals surface area (Å²) in [6.07, 6.45) is 1.91. The van der Waals surface area contributed by atoms with Crippen molar-refractivity contribution < 1.29 is 23.1 Å². The third kappa shape index (κ3) is 1.88. The predicted octanol–water partition coefficient (Wildman–Crippen LogP) is 0.472. The molecule has 1 heterocycles. The quantitative estimate of drug-likeness (QED) is 0.804. The fourth-order valence-corrected chi connectivity index (χ4v) is 3.18. The summed E-state index contributed by atoms with van der Waals surface area (Å²) in [5, 5.41) is 8.42. The zero-order valence-corrected chi connectivity index (χ0v) is 9.92. The molecular weight excluding hydrogens is 258 g/mol. The van der Waals surface area contributed by atoms with Gasteiger partial charge in [-0.2, -0.15) is 0 Å². The topological polar surface area (TPSA) is 91.8 Å². The molecule has 0 saturated heterocycles. The molecule has 7 heteroatoms. The van der Waals surface area contributed by atoms with Gasteiger partial charge in [0.05, 0.1) is 12.1 Å². The summed E-state index contributed by atoms with van der Waals surface area (Å²) in [5.41, 5.74) is 0.112. The third-order valence-corrected chi connectivity index (χ3v) is 4.25. The number of hydrogen-bond donors (Lipinski definition) is 1. The number of carboxylic acid groups (broad SMARTS) is 1. The van der Waals surface area contributed by atoms with Crippen LogP contribution in [0.5, 0.6) is 0 Å². The Morgan fingerprint density at radius 3 is 2.61 bits per heavy atom. The molecule has 18 heavy (non-hydrogen) atoms. The van der Waals surface area contributed by atoms with Gasteiger partial charge in [0.1, 0.15) is 4.90 Å². The number of nitrogens with zero attached hydrogens (tertiary/aromatic N) is 1. The summed E-state index contributed by atoms with van der Waals surface area (Å²) in [4.78, 5) is 22.1. The van der Waals surface area contributed by atoms with Crippen molar-refractivity contribution >= 4 is 21.9 Å². The van der Waals surface area contributed by atoms with E-state index in [2.05, 4.69) is 0 Å². The Morgan fingerprint density at radius 2 is 2.00 bits per heavy atom. The number of sulfonamides is 1. The molecular formula is C11H9NO5S. The summed E-state index contributed by atoms with van der Waals surface area (Å²) < 4.78 is 24.6. The van der Waals surface area contributed by atoms with E-state index in [-0.39, 0.29) is 17.0 Å². The molecule has 0 fully saturated rings. The van der Waals surface area contributed by atoms with Gasteiger partial charge in [-0.15, -0.1) is 0 Å². The van der Waals surface area contributed by atoms with Gasteiger partial charge in [-0.1, -0.05) is 18.2 Å². The Bertz CT molecular complexity index is 647. The lowest BCUT2D eigenvalue weighted by atomic mass is 10.2. The van der Waals surface area contributed by atoms with Crippen LogP contribution in [0.3, 0.4) is 0 Å². The standard InChI is InChI=1S/C11H9NO5S/c13-10(14)6-3-7-12-11(15)8-4-1-2-5-9(8)18(12,16)17/h1-6H,7H2,(H,13,14). The highest BCUT2D eigenvalue weighted by molar-refractivity contribution is 7.90. The Morgan fingerprint density at radius 1 is 1.33 bits per heavy atom. The first-order chi connectivity index (χ1) is 8.44. The van der Waals surface area contributed by atoms with Crippen LogP contribution in [0.25, 0.3) is 0 Å². The monoisotopic (exact) mass is 267 g/mol. The highest BCUT2D eigenvalue weighted by Gasteiger charge is 2.39. The van der Waals surface area contributed by atoms with E-state index in [0.29, 0.717) is 4.31 Å². The maximum Gasteiger partial charge on any atom is 0.328 e. The molecule has 0 aliphatic carbocycles. The second-order valence-corrected chi connectivity index (χ2v) is 5.41. The fraction of sp³-hybridized carbons (Fsp3) is 0.0909. The van der Waals surface area contributed by atoms with E-state index in [9.17, 15) is 18.0 Å². The average Bonchev–Trinajstić information content (AvgIpc) is 2.50. The van der Waals surface area contributed by atoms with Gasteiger partial charge in [-0.25, -0.2) is 17.5 Å². The fourth-order valence-electron chi connectivity index (χ4n) is 1.66. The lowest BCUT2D eigenvalue weighted by Crippen LogP contribution is -2.30. The molecule has 6 nitrogen and oxygen atoms in total. The van der Waals surface area contributed by atoms with Crippen molar-refractivity contribution in [2.24, 2.45) is 0 Å². The van der Waals surface area contributed by atoms with Crippen LogP contribution in [0.4, 0.5) is 0 Å². The van der Waals surface area contributed by atoms with Crippen molar-refractivity contribution in [3.05, 3.63) is 42.0 Å². The van der Waals surface area contributed by atoms with E-state index >= 15 is 0 Å². The van der Waals surface area contributed by atoms with Gasteiger partial charge in [0.2, 0.25) is 0 Å². The SMILES string of the molecule is O=C(O)C=CCN1C(=O)c2ccccc2S1(=O)=O. The highest BCUT2D eigenvalue weighted by atomic mass is 32.2. The first kappa shape index (κ1) is 12.3. The van der Waals surface area contributed by atoms with Crippen LogP contribution in [0.2, 0.25) is 0 Å². The average molecular weight is 267 g/mol. The van der Waals surface area contributed by atoms with Gasteiger partial charge in [0.25, 0.3) is 15.9 Å². The van der Waals surface area contributed by atoms with Crippen LogP contribution in [0.1, 0.15) is 10.4 Å². The zero-order valence-electron chi connectivity index (χ0n) is 9.11. The van der Waals surface area contributed by atoms with Crippen molar-refractivity contribution in [2.75, 3.05) is 6.54 Å². The van der Waals surface area contributed by atoms with Crippen LogP contribution in [0, 0.1) is 0 Å². The number of carbonyl (C=O) groups is 2. The predicted molar refractivity (Wildman–Crippen MR) is 61.4 cm³/mol. The number of hydrogen-bond acceptors (Lipinski definition) is 4. The molecule has 0 atom stereocenters. The van der Waals surface area contributed by atoms with Crippen LogP contribution in [-0.2, 0) is 14.8 Å². The van der Waals surface area contributed by atoms with Crippen LogP contribution < -0.4 is 0 Å². The molecule has 1 N–H and O–H groups in total. The normalized spacial score (nSPS) is 17.1. The summed E-state index contributed by atoms with van der Waals surface area (Å²) in [6, 6.07) is 5.88. The number of rotatable bonds is 3. The Kier molecular flexibility index (Phi) is 2.92. The summed E-state index contributed by atoms with van der Waals surface area (Å²) >= 11 is 0. The Hall–Kier alpha value is -2.15. The number of carboxylic acids is 1. The zero-order chi connectivity index (χ0) is 13.3. The first-order valence-corrected chi connectivity index (χ1v) is 6.44. The maximum atomic E-state index is 12.0. The maximum absolute atomic E-state index is 12.0. The van der Waals surface area contributed by atoms with Crippen LogP contribution in [0.15, 0.2) is 41.3 Å². The number of carbonyl (C=O) groups excluding carboxylic acids is 1. The van der Waals surface area contributed by atoms with Gasteiger partial charge < -0.3 is 5.11 Å². The van der Waals surface area contributed by atoms with Gasteiger partial charge >= 0.3 is 5.97 Å². The second-order valence-electron chi connectivity index (χ2n) is 3.58. The number of benzene rings is 1. The molecule has 94 valence electrons. The second kappa shape index (κ2) is 4.26. The molecule has 0 saturated carbocycles. The van der Waals surface area contributed by atoms with Crippen molar-refractivity contribution in [3.8, 4) is 0 Å². The summed E-state index contributed by atoms with van der Waals surface area (Å²) in [6.45, 7) is -0.290. The Balaban J connectivity index is 2.37. The number of amides is 1. The van der Waals surface area contributed by atoms with Crippen molar-refractivity contribution in [1.29, 1.82) is 0 Å². The highest BCUT2D eigenvalue weighted by Crippen LogP contribution is 2.29. The summed E-state index contributed by atoms with van der Waals surface area (Å²) in [7, 11) is -3.85. The molecule has 0 bridgehead atoms. The van der Waals surface area contributed by atoms with E-state index in [4.69, 9.17) is 5.11 Å². The lowest BCUT2D eigenvalue weighted by Gasteiger charge is -2.11. The molecule has 1 aromatic rings. The van der Waals surface area contributed by atoms with Gasteiger partial charge in [0.15, 0.2) is 0 Å². The lowest BCUT2D eigenvalue weighted by molar-refractivity contribution is -0.131. The van der Waals surface area contributed by atoms with Crippen LogP contribution in [-0.4, -0.2) is 36.3 Å². The Labute approximate surface area is 103 Å². The molecule has 1 aromatic carbocycles. The molecule has 0 radical (unpaired) electrons. The molecule has 2 rings (SSSR count). The van der Waals surface area contributed by atoms with Crippen LogP contribution >= 0.6 is 0 Å². The minimum Gasteiger partial charge on any atom is -0.478 e. The van der Waals surface area contributed by atoms with E-state index < -0.39 is 21.9 Å². The molecule has 0 unspecified atom stereocenters. The largest absolute Gasteiger partial charge is 0.478 e. The van der Waals surface area contributed by atoms with E-state index in [1.807, 2.05) is 0 Å². The number of fused-ring (bicyclic) bond motifs is 1. The molecule has 1 aliphatic rings. The van der Waals surface area contributed by atoms with Crippen molar-refractivity contribution in [2.45, 2.75) is 4.90 Å². The van der Waals surface area contributed by atoms with E-state index in [1.54, 1.807) is 6.07 Å². The summed E-state index contributed by atoms with van der Waals surface area (Å²) in [5.74, 6) is -1.84. The first-order valence-electron chi connectivity index (χ1n) is 5.00. The number of aliphatic carboxylic acids is 1. The smallest absolute Gasteiger partial charge is 0.328 e. The molecule has 0 aromatic heterocycles. The van der Waals surface area contributed by atoms with Gasteiger partial charge in [-0.05, 0) is 12.1 Å². The molecule has 1 aliphatic heterocycles. The minimum atomic E-state index is -3.85. The van der Waals surface area contributed by atoms with E-state index in [1.165, 1.54) is 18.2 Å². The molecule has 0 spiro atoms. The van der Waals surface area contributed by atoms with E-state index in [0.717, 1.165) is 12.2 Å². The molecule has 1 amide bonds.